The minimum atomic E-state index is -0.142. The van der Waals surface area contributed by atoms with E-state index in [1.165, 1.54) is 4.88 Å². The zero-order valence-electron chi connectivity index (χ0n) is 8.82. The van der Waals surface area contributed by atoms with Crippen molar-refractivity contribution in [2.24, 2.45) is 5.92 Å². The molecular weight excluding hydrogens is 274 g/mol. The van der Waals surface area contributed by atoms with Crippen molar-refractivity contribution in [3.8, 4) is 0 Å². The molecule has 2 heterocycles. The normalized spacial score (nSPS) is 28.2. The van der Waals surface area contributed by atoms with Crippen molar-refractivity contribution in [2.45, 2.75) is 26.0 Å². The molecule has 1 aliphatic rings. The monoisotopic (exact) mass is 289 g/mol. The number of likely N-dealkylation sites (tertiary alicyclic amines) is 1. The molecule has 1 aliphatic heterocycles. The lowest BCUT2D eigenvalue weighted by Crippen LogP contribution is -2.41. The molecule has 0 spiro atoms. The van der Waals surface area contributed by atoms with Gasteiger partial charge in [0.05, 0.1) is 6.10 Å². The van der Waals surface area contributed by atoms with Crippen LogP contribution in [0.3, 0.4) is 0 Å². The van der Waals surface area contributed by atoms with E-state index < -0.39 is 0 Å². The molecular formula is C11H16BrNOS. The summed E-state index contributed by atoms with van der Waals surface area (Å²) in [5.74, 6) is 0.608. The number of aliphatic hydroxyl groups is 1. The van der Waals surface area contributed by atoms with Gasteiger partial charge >= 0.3 is 0 Å². The number of hydrogen-bond donors (Lipinski definition) is 1. The van der Waals surface area contributed by atoms with Gasteiger partial charge in [0.2, 0.25) is 0 Å². The highest BCUT2D eigenvalue weighted by atomic mass is 79.9. The smallest absolute Gasteiger partial charge is 0.0670 e. The summed E-state index contributed by atoms with van der Waals surface area (Å²) in [6.45, 7) is 5.10. The molecule has 15 heavy (non-hydrogen) atoms. The van der Waals surface area contributed by atoms with E-state index in [2.05, 4.69) is 39.2 Å². The second-order valence-corrected chi connectivity index (χ2v) is 6.33. The van der Waals surface area contributed by atoms with Crippen LogP contribution in [0.25, 0.3) is 0 Å². The molecule has 0 radical (unpaired) electrons. The fraction of sp³-hybridized carbons (Fsp3) is 0.636. The van der Waals surface area contributed by atoms with Crippen molar-refractivity contribution in [3.63, 3.8) is 0 Å². The molecule has 1 aromatic heterocycles. The molecule has 1 N–H and O–H groups in total. The summed E-state index contributed by atoms with van der Waals surface area (Å²) in [6, 6.07) is 2.16. The zero-order chi connectivity index (χ0) is 10.8. The van der Waals surface area contributed by atoms with Crippen LogP contribution in [-0.4, -0.2) is 29.2 Å². The largest absolute Gasteiger partial charge is 0.392 e. The third-order valence-electron chi connectivity index (χ3n) is 2.71. The van der Waals surface area contributed by atoms with Gasteiger partial charge in [-0.3, -0.25) is 4.90 Å². The number of rotatable bonds is 2. The van der Waals surface area contributed by atoms with Crippen molar-refractivity contribution in [1.82, 2.24) is 4.90 Å². The Kier molecular flexibility index (Phi) is 3.83. The molecule has 1 aromatic rings. The summed E-state index contributed by atoms with van der Waals surface area (Å²) in [4.78, 5) is 3.71. The molecule has 0 saturated carbocycles. The highest BCUT2D eigenvalue weighted by Crippen LogP contribution is 2.24. The van der Waals surface area contributed by atoms with E-state index in [9.17, 15) is 5.11 Å². The van der Waals surface area contributed by atoms with Gasteiger partial charge < -0.3 is 5.11 Å². The highest BCUT2D eigenvalue weighted by molar-refractivity contribution is 9.10. The minimum Gasteiger partial charge on any atom is -0.392 e. The minimum absolute atomic E-state index is 0.142. The first-order valence-corrected chi connectivity index (χ1v) is 6.94. The van der Waals surface area contributed by atoms with Crippen LogP contribution in [0.2, 0.25) is 0 Å². The van der Waals surface area contributed by atoms with Gasteiger partial charge in [-0.05, 0) is 34.3 Å². The van der Waals surface area contributed by atoms with Gasteiger partial charge in [0.15, 0.2) is 0 Å². The third kappa shape index (κ3) is 3.28. The van der Waals surface area contributed by atoms with Crippen LogP contribution in [0, 0.1) is 5.92 Å². The first-order chi connectivity index (χ1) is 7.13. The van der Waals surface area contributed by atoms with Crippen molar-refractivity contribution in [1.29, 1.82) is 0 Å². The van der Waals surface area contributed by atoms with Crippen LogP contribution < -0.4 is 0 Å². The van der Waals surface area contributed by atoms with Crippen molar-refractivity contribution in [2.75, 3.05) is 13.1 Å². The van der Waals surface area contributed by atoms with Crippen molar-refractivity contribution in [3.05, 3.63) is 20.8 Å². The number of hydrogen-bond acceptors (Lipinski definition) is 3. The van der Waals surface area contributed by atoms with Crippen molar-refractivity contribution < 1.29 is 5.11 Å². The third-order valence-corrected chi connectivity index (χ3v) is 4.40. The maximum absolute atomic E-state index is 9.69. The summed E-state index contributed by atoms with van der Waals surface area (Å²) in [5, 5.41) is 11.8. The lowest BCUT2D eigenvalue weighted by Gasteiger charge is -2.33. The molecule has 1 saturated heterocycles. The number of piperidine rings is 1. The number of halogens is 1. The average Bonchev–Trinajstić information content (AvgIpc) is 2.49. The van der Waals surface area contributed by atoms with E-state index in [0.717, 1.165) is 30.5 Å². The molecule has 1 fully saturated rings. The van der Waals surface area contributed by atoms with Crippen LogP contribution in [0.1, 0.15) is 18.2 Å². The molecule has 4 heteroatoms. The Morgan fingerprint density at radius 3 is 3.00 bits per heavy atom. The van der Waals surface area contributed by atoms with Crippen LogP contribution >= 0.6 is 27.3 Å². The molecule has 2 atom stereocenters. The van der Waals surface area contributed by atoms with Gasteiger partial charge in [0.25, 0.3) is 0 Å². The van der Waals surface area contributed by atoms with Crippen LogP contribution in [0.4, 0.5) is 0 Å². The zero-order valence-corrected chi connectivity index (χ0v) is 11.2. The lowest BCUT2D eigenvalue weighted by atomic mass is 9.98. The summed E-state index contributed by atoms with van der Waals surface area (Å²) in [5.41, 5.74) is 0. The predicted octanol–water partition coefficient (Wildman–Crippen LogP) is 2.71. The number of β-amino-alcohol motifs (C(OH)–C–C–N with tert-alkyl or cyclic N) is 1. The summed E-state index contributed by atoms with van der Waals surface area (Å²) < 4.78 is 1.16. The van der Waals surface area contributed by atoms with E-state index in [1.54, 1.807) is 11.3 Å². The molecule has 84 valence electrons. The summed E-state index contributed by atoms with van der Waals surface area (Å²) >= 11 is 5.24. The standard InChI is InChI=1S/C11H16BrNOS/c1-8-2-10(14)5-13(4-8)6-11-3-9(12)7-15-11/h3,7-8,10,14H,2,4-6H2,1H3. The molecule has 0 amide bonds. The van der Waals surface area contributed by atoms with Gasteiger partial charge in [-0.25, -0.2) is 0 Å². The second-order valence-electron chi connectivity index (χ2n) is 4.42. The molecule has 2 nitrogen and oxygen atoms in total. The first kappa shape index (κ1) is 11.6. The Morgan fingerprint density at radius 1 is 1.60 bits per heavy atom. The van der Waals surface area contributed by atoms with E-state index >= 15 is 0 Å². The van der Waals surface area contributed by atoms with E-state index in [4.69, 9.17) is 0 Å². The Balaban J connectivity index is 1.94. The highest BCUT2D eigenvalue weighted by Gasteiger charge is 2.23. The average molecular weight is 290 g/mol. The topological polar surface area (TPSA) is 23.5 Å². The van der Waals surface area contributed by atoms with E-state index in [-0.39, 0.29) is 6.10 Å². The Hall–Kier alpha value is 0.1000. The number of thiophene rings is 1. The quantitative estimate of drug-likeness (QED) is 0.905. The molecule has 0 aliphatic carbocycles. The summed E-state index contributed by atoms with van der Waals surface area (Å²) in [7, 11) is 0. The number of aliphatic hydroxyl groups excluding tert-OH is 1. The SMILES string of the molecule is CC1CC(O)CN(Cc2cc(Br)cs2)C1. The van der Waals surface area contributed by atoms with Gasteiger partial charge in [0.1, 0.15) is 0 Å². The van der Waals surface area contributed by atoms with Crippen LogP contribution in [-0.2, 0) is 6.54 Å². The van der Waals surface area contributed by atoms with Gasteiger partial charge in [-0.15, -0.1) is 11.3 Å². The van der Waals surface area contributed by atoms with E-state index in [0.29, 0.717) is 5.92 Å². The lowest BCUT2D eigenvalue weighted by molar-refractivity contribution is 0.0413. The Labute approximate surface area is 103 Å². The maximum Gasteiger partial charge on any atom is 0.0670 e. The first-order valence-electron chi connectivity index (χ1n) is 5.27. The van der Waals surface area contributed by atoms with Gasteiger partial charge in [0, 0.05) is 34.4 Å². The second kappa shape index (κ2) is 4.95. The maximum atomic E-state index is 9.69. The van der Waals surface area contributed by atoms with Crippen LogP contribution in [0.5, 0.6) is 0 Å². The van der Waals surface area contributed by atoms with Gasteiger partial charge in [-0.2, -0.15) is 0 Å². The van der Waals surface area contributed by atoms with E-state index in [1.807, 2.05) is 0 Å². The number of nitrogens with zero attached hydrogens (tertiary/aromatic N) is 1. The molecule has 0 bridgehead atoms. The van der Waals surface area contributed by atoms with Gasteiger partial charge in [-0.1, -0.05) is 6.92 Å². The summed E-state index contributed by atoms with van der Waals surface area (Å²) in [6.07, 6.45) is 0.808. The molecule has 2 unspecified atom stereocenters. The fourth-order valence-electron chi connectivity index (χ4n) is 2.21. The fourth-order valence-corrected chi connectivity index (χ4v) is 3.71. The predicted molar refractivity (Wildman–Crippen MR) is 67.1 cm³/mol. The molecule has 2 rings (SSSR count). The Bertz CT molecular complexity index is 318. The van der Waals surface area contributed by atoms with Crippen molar-refractivity contribution >= 4 is 27.3 Å². The van der Waals surface area contributed by atoms with Crippen LogP contribution in [0.15, 0.2) is 15.9 Å². The molecule has 0 aromatic carbocycles. The Morgan fingerprint density at radius 2 is 2.40 bits per heavy atom.